The molecule has 0 aromatic carbocycles. The van der Waals surface area contributed by atoms with E-state index in [4.69, 9.17) is 11.8 Å². The van der Waals surface area contributed by atoms with Gasteiger partial charge in [-0.25, -0.2) is 0 Å². The summed E-state index contributed by atoms with van der Waals surface area (Å²) < 4.78 is 0. The fourth-order valence-electron chi connectivity index (χ4n) is 0. The van der Waals surface area contributed by atoms with Gasteiger partial charge in [-0.05, 0) is 0 Å². The Bertz CT molecular complexity index is 11.6. The zero-order valence-corrected chi connectivity index (χ0v) is 3.35. The number of rotatable bonds is 0. The van der Waals surface area contributed by atoms with Crippen molar-refractivity contribution in [2.24, 2.45) is 0 Å². The second-order valence-corrected chi connectivity index (χ2v) is 0. The minimum absolute atomic E-state index is 0. The van der Waals surface area contributed by atoms with Gasteiger partial charge in [0.2, 0.25) is 0 Å². The number of hydrogen-bond donors (Lipinski definition) is 0. The average molecular weight is 122 g/mol. The maximum absolute atomic E-state index is 6.25. The van der Waals surface area contributed by atoms with Crippen LogP contribution in [0.1, 0.15) is 0 Å². The maximum atomic E-state index is 6.25. The number of nitrogens with zero attached hydrogens (tertiary/aromatic N) is 1. The molecule has 5 heavy (non-hydrogen) atoms. The zero-order valence-electron chi connectivity index (χ0n) is 2.40. The van der Waals surface area contributed by atoms with Crippen molar-refractivity contribution in [3.05, 3.63) is 18.9 Å². The molecule has 0 fully saturated rings. The molecular weight excluding hydrogens is 118 g/mol. The summed E-state index contributed by atoms with van der Waals surface area (Å²) in [5.74, 6) is 0. The van der Waals surface area contributed by atoms with E-state index in [2.05, 4.69) is 0 Å². The normalized spacial score (nSPS) is 0.400. The van der Waals surface area contributed by atoms with Gasteiger partial charge in [0.1, 0.15) is 0 Å². The van der Waals surface area contributed by atoms with Crippen LogP contribution in [0.2, 0.25) is 0 Å². The second kappa shape index (κ2) is 6780. The van der Waals surface area contributed by atoms with Gasteiger partial charge in [0.15, 0.2) is 0 Å². The van der Waals surface area contributed by atoms with Crippen LogP contribution in [0.4, 0.5) is 0 Å². The molecule has 0 unspecified atom stereocenters. The molecule has 4 N–H and O–H groups in total. The molecule has 0 aromatic rings. The van der Waals surface area contributed by atoms with Crippen LogP contribution in [0.3, 0.4) is 0 Å². The molecule has 4 heteroatoms. The first kappa shape index (κ1) is 88.1. The van der Waals surface area contributed by atoms with E-state index < -0.39 is 0 Å². The molecule has 0 atom stereocenters. The van der Waals surface area contributed by atoms with Crippen LogP contribution >= 0.6 is 0 Å². The first-order valence-electron chi connectivity index (χ1n) is 0.224. The van der Waals surface area contributed by atoms with Gasteiger partial charge in [0.25, 0.3) is 0 Å². The largest absolute Gasteiger partial charge is 0.693 e. The smallest absolute Gasteiger partial charge is 0 e. The van der Waals surface area contributed by atoms with Crippen LogP contribution in [0.5, 0.6) is 0 Å². The van der Waals surface area contributed by atoms with Crippen molar-refractivity contribution in [3.63, 3.8) is 0 Å². The molecule has 37 valence electrons. The summed E-state index contributed by atoms with van der Waals surface area (Å²) in [6.07, 6.45) is 0. The minimum atomic E-state index is 0. The summed E-state index contributed by atoms with van der Waals surface area (Å²) in [6, 6.07) is 0. The molecule has 0 aliphatic heterocycles. The fraction of sp³-hybridized carbons (Fsp3) is 0. The summed E-state index contributed by atoms with van der Waals surface area (Å²) in [4.78, 5) is 0. The molecule has 0 aliphatic carbocycles. The molecule has 0 heterocycles. The molecule has 0 rings (SSSR count). The first-order valence-corrected chi connectivity index (χ1v) is 0.224. The van der Waals surface area contributed by atoms with Gasteiger partial charge in [-0.1, -0.05) is 0 Å². The molecule has 0 amide bonds. The molecule has 0 aliphatic rings. The Kier molecular flexibility index (Phi) is 119000. The van der Waals surface area contributed by atoms with E-state index in [1.807, 2.05) is 0 Å². The molecule has 3 nitrogen and oxygen atoms in total. The third-order valence-corrected chi connectivity index (χ3v) is 0. The third kappa shape index (κ3) is 2940. The number of nitrogens with two attached hydrogens (primary N) is 2. The fourth-order valence-corrected chi connectivity index (χ4v) is 0. The van der Waals surface area contributed by atoms with Crippen molar-refractivity contribution in [3.8, 4) is 0 Å². The average Bonchev–Trinajstić information content (AvgIpc) is 1.00. The van der Waals surface area contributed by atoms with Gasteiger partial charge < -0.3 is 24.1 Å². The van der Waals surface area contributed by atoms with Gasteiger partial charge in [-0.15, -0.1) is 0 Å². The Morgan fingerprint density at radius 1 is 1.00 bits per heavy atom. The van der Waals surface area contributed by atoms with Gasteiger partial charge >= 0.3 is 0 Å². The van der Waals surface area contributed by atoms with E-state index in [0.29, 0.717) is 0 Å². The van der Waals surface area contributed by atoms with Gasteiger partial charge in [0.05, 0.1) is 0 Å². The molecule has 1 radical (unpaired) electrons. The van der Waals surface area contributed by atoms with E-state index in [9.17, 15) is 0 Å². The van der Waals surface area contributed by atoms with Crippen LogP contribution in [-0.4, -0.2) is 0 Å². The van der Waals surface area contributed by atoms with Crippen molar-refractivity contribution >= 4 is 0 Å². The predicted molar refractivity (Wildman–Crippen MR) is 15.5 cm³/mol. The van der Waals surface area contributed by atoms with Gasteiger partial charge in [0, 0.05) is 17.1 Å². The summed E-state index contributed by atoms with van der Waals surface area (Å²) in [5.41, 5.74) is 0. The SMILES string of the molecule is [C-]#N.[Cu].[NH2-].[NH2-]. The van der Waals surface area contributed by atoms with E-state index >= 15 is 0 Å². The van der Waals surface area contributed by atoms with Crippen LogP contribution < -0.4 is 0 Å². The zero-order chi connectivity index (χ0) is 2.00. The maximum Gasteiger partial charge on any atom is 0 e. The van der Waals surface area contributed by atoms with Crippen LogP contribution in [0.25, 0.3) is 12.3 Å². The summed E-state index contributed by atoms with van der Waals surface area (Å²) in [5, 5.41) is 6.25. The topological polar surface area (TPSA) is 90.8 Å². The van der Waals surface area contributed by atoms with Gasteiger partial charge in [-0.3, -0.25) is 0 Å². The Hall–Kier alpha value is -0.0705. The van der Waals surface area contributed by atoms with Crippen molar-refractivity contribution < 1.29 is 17.1 Å². The van der Waals surface area contributed by atoms with Crippen molar-refractivity contribution in [2.75, 3.05) is 0 Å². The number of hydrogen-bond acceptors (Lipinski definition) is 1. The molecule has 0 saturated carbocycles. The van der Waals surface area contributed by atoms with Crippen LogP contribution in [0, 0.1) is 11.8 Å². The molecule has 0 bridgehead atoms. The molecule has 0 spiro atoms. The monoisotopic (exact) mass is 121 g/mol. The predicted octanol–water partition coefficient (Wildman–Crippen LogP) is 1.53. The van der Waals surface area contributed by atoms with Crippen LogP contribution in [0.15, 0.2) is 0 Å². The first-order chi connectivity index (χ1) is 1.00. The minimum Gasteiger partial charge on any atom is -0.693 e. The second-order valence-electron chi connectivity index (χ2n) is 0. The van der Waals surface area contributed by atoms with E-state index in [-0.39, 0.29) is 29.4 Å². The van der Waals surface area contributed by atoms with E-state index in [0.717, 1.165) is 0 Å². The summed E-state index contributed by atoms with van der Waals surface area (Å²) in [6.45, 7) is 4.75. The Morgan fingerprint density at radius 2 is 1.00 bits per heavy atom. The van der Waals surface area contributed by atoms with Gasteiger partial charge in [-0.2, -0.15) is 0 Å². The Labute approximate surface area is 42.0 Å². The molecule has 0 saturated heterocycles. The van der Waals surface area contributed by atoms with E-state index in [1.54, 1.807) is 0 Å². The summed E-state index contributed by atoms with van der Waals surface area (Å²) >= 11 is 0. The summed E-state index contributed by atoms with van der Waals surface area (Å²) in [7, 11) is 0. The standard InChI is InChI=1S/CN.Cu.2H2N/c1-2;;;/h;;2*1H2/q-1;;2*-1. The Balaban J connectivity index is -0.00000000167. The van der Waals surface area contributed by atoms with E-state index in [1.165, 1.54) is 0 Å². The van der Waals surface area contributed by atoms with Crippen molar-refractivity contribution in [1.29, 1.82) is 5.26 Å². The van der Waals surface area contributed by atoms with Crippen molar-refractivity contribution in [1.82, 2.24) is 0 Å². The molecular formula is CH4CuN3-3. The van der Waals surface area contributed by atoms with Crippen LogP contribution in [-0.2, 0) is 17.1 Å². The quantitative estimate of drug-likeness (QED) is 0.353. The molecule has 0 aromatic heterocycles. The Morgan fingerprint density at radius 3 is 1.00 bits per heavy atom. The third-order valence-electron chi connectivity index (χ3n) is 0. The van der Waals surface area contributed by atoms with Crippen molar-refractivity contribution in [2.45, 2.75) is 0 Å².